The van der Waals surface area contributed by atoms with E-state index in [9.17, 15) is 19.2 Å². The molecule has 7 nitrogen and oxygen atoms in total. The van der Waals surface area contributed by atoms with Gasteiger partial charge in [0.25, 0.3) is 0 Å². The van der Waals surface area contributed by atoms with Crippen molar-refractivity contribution in [3.8, 4) is 0 Å². The molecule has 0 aromatic carbocycles. The molecule has 1 heterocycles. The standard InChI is InChI=1S/C11H14N2O5S/c14-8(4-19-5-9(15)16)12-1-2-13-10(17)6-3-7(6)11(13)18/h6-7H,1-5H2,(H,12,14)(H,15,16)/t6-,7?/m0/s1. The van der Waals surface area contributed by atoms with Crippen LogP contribution in [0.5, 0.6) is 0 Å². The number of hydrogen-bond acceptors (Lipinski definition) is 5. The summed E-state index contributed by atoms with van der Waals surface area (Å²) in [6.07, 6.45) is 0.673. The monoisotopic (exact) mass is 286 g/mol. The minimum Gasteiger partial charge on any atom is -0.481 e. The summed E-state index contributed by atoms with van der Waals surface area (Å²) < 4.78 is 0. The lowest BCUT2D eigenvalue weighted by Gasteiger charge is -2.16. The van der Waals surface area contributed by atoms with Gasteiger partial charge in [0.1, 0.15) is 0 Å². The zero-order valence-corrected chi connectivity index (χ0v) is 10.9. The van der Waals surface area contributed by atoms with Crippen molar-refractivity contribution >= 4 is 35.5 Å². The fourth-order valence-electron chi connectivity index (χ4n) is 2.06. The number of carboxylic acid groups (broad SMARTS) is 1. The maximum absolute atomic E-state index is 11.6. The fraction of sp³-hybridized carbons (Fsp3) is 0.636. The molecule has 0 aromatic rings. The predicted molar refractivity (Wildman–Crippen MR) is 66.3 cm³/mol. The van der Waals surface area contributed by atoms with Crippen molar-refractivity contribution in [2.75, 3.05) is 24.6 Å². The number of carbonyl (C=O) groups is 4. The average Bonchev–Trinajstić information content (AvgIpc) is 3.08. The molecule has 0 radical (unpaired) electrons. The smallest absolute Gasteiger partial charge is 0.313 e. The Morgan fingerprint density at radius 2 is 1.89 bits per heavy atom. The number of imide groups is 1. The molecule has 3 amide bonds. The quantitative estimate of drug-likeness (QED) is 0.577. The van der Waals surface area contributed by atoms with Crippen LogP contribution in [0, 0.1) is 11.8 Å². The number of nitrogens with zero attached hydrogens (tertiary/aromatic N) is 1. The van der Waals surface area contributed by atoms with Gasteiger partial charge in [-0.1, -0.05) is 0 Å². The number of fused-ring (bicyclic) bond motifs is 1. The minimum absolute atomic E-state index is 0.0550. The van der Waals surface area contributed by atoms with Crippen LogP contribution >= 0.6 is 11.8 Å². The third-order valence-electron chi connectivity index (χ3n) is 3.07. The lowest BCUT2D eigenvalue weighted by molar-refractivity contribution is -0.141. The Kier molecular flexibility index (Phi) is 4.08. The normalized spacial score (nSPS) is 24.3. The first-order valence-electron chi connectivity index (χ1n) is 5.92. The minimum atomic E-state index is -0.967. The van der Waals surface area contributed by atoms with Crippen molar-refractivity contribution in [3.63, 3.8) is 0 Å². The van der Waals surface area contributed by atoms with Crippen LogP contribution in [-0.4, -0.2) is 58.3 Å². The van der Waals surface area contributed by atoms with Gasteiger partial charge in [-0.05, 0) is 6.42 Å². The lowest BCUT2D eigenvalue weighted by Crippen LogP contribution is -2.40. The Bertz CT molecular complexity index is 419. The molecule has 2 rings (SSSR count). The van der Waals surface area contributed by atoms with E-state index in [1.807, 2.05) is 0 Å². The molecule has 1 saturated carbocycles. The van der Waals surface area contributed by atoms with E-state index in [2.05, 4.69) is 5.32 Å². The first-order chi connectivity index (χ1) is 9.00. The number of carbonyl (C=O) groups excluding carboxylic acids is 3. The van der Waals surface area contributed by atoms with Gasteiger partial charge in [0.2, 0.25) is 17.7 Å². The summed E-state index contributed by atoms with van der Waals surface area (Å²) in [6.45, 7) is 0.406. The second-order valence-corrected chi connectivity index (χ2v) is 5.50. The molecule has 0 bridgehead atoms. The lowest BCUT2D eigenvalue weighted by atomic mass is 10.4. The molecule has 2 N–H and O–H groups in total. The molecular formula is C11H14N2O5S. The van der Waals surface area contributed by atoms with Gasteiger partial charge in [-0.3, -0.25) is 24.1 Å². The van der Waals surface area contributed by atoms with E-state index in [0.29, 0.717) is 6.42 Å². The van der Waals surface area contributed by atoms with Crippen molar-refractivity contribution in [3.05, 3.63) is 0 Å². The Morgan fingerprint density at radius 3 is 2.47 bits per heavy atom. The topological polar surface area (TPSA) is 104 Å². The molecule has 1 saturated heterocycles. The molecule has 2 aliphatic rings. The van der Waals surface area contributed by atoms with Gasteiger partial charge in [-0.2, -0.15) is 0 Å². The first-order valence-corrected chi connectivity index (χ1v) is 7.07. The number of thioether (sulfide) groups is 1. The maximum Gasteiger partial charge on any atom is 0.313 e. The van der Waals surface area contributed by atoms with Crippen LogP contribution in [0.2, 0.25) is 0 Å². The van der Waals surface area contributed by atoms with Crippen molar-refractivity contribution in [2.24, 2.45) is 11.8 Å². The summed E-state index contributed by atoms with van der Waals surface area (Å²) in [4.78, 5) is 46.0. The van der Waals surface area contributed by atoms with Crippen LogP contribution < -0.4 is 5.32 Å². The molecule has 1 aliphatic heterocycles. The Morgan fingerprint density at radius 1 is 1.26 bits per heavy atom. The zero-order valence-electron chi connectivity index (χ0n) is 10.1. The number of piperidine rings is 1. The van der Waals surface area contributed by atoms with Gasteiger partial charge < -0.3 is 10.4 Å². The fourth-order valence-corrected chi connectivity index (χ4v) is 2.62. The van der Waals surface area contributed by atoms with Crippen LogP contribution in [0.1, 0.15) is 6.42 Å². The Hall–Kier alpha value is -1.57. The molecular weight excluding hydrogens is 272 g/mol. The molecule has 104 valence electrons. The highest BCUT2D eigenvalue weighted by atomic mass is 32.2. The molecule has 1 unspecified atom stereocenters. The van der Waals surface area contributed by atoms with E-state index in [4.69, 9.17) is 5.11 Å². The van der Waals surface area contributed by atoms with Crippen LogP contribution in [-0.2, 0) is 19.2 Å². The highest BCUT2D eigenvalue weighted by Gasteiger charge is 2.58. The number of rotatable bonds is 7. The largest absolute Gasteiger partial charge is 0.481 e. The third kappa shape index (κ3) is 3.25. The number of aliphatic carboxylic acids is 1. The summed E-state index contributed by atoms with van der Waals surface area (Å²) >= 11 is 1.00. The highest BCUT2D eigenvalue weighted by Crippen LogP contribution is 2.46. The maximum atomic E-state index is 11.6. The highest BCUT2D eigenvalue weighted by molar-refractivity contribution is 8.00. The van der Waals surface area contributed by atoms with E-state index < -0.39 is 5.97 Å². The van der Waals surface area contributed by atoms with E-state index in [1.165, 1.54) is 4.90 Å². The number of hydrogen-bond donors (Lipinski definition) is 2. The summed E-state index contributed by atoms with van der Waals surface area (Å²) in [5, 5.41) is 11.0. The SMILES string of the molecule is O=C(O)CSCC(=O)NCCN1C(=O)C2C[C@@H]2C1=O. The van der Waals surface area contributed by atoms with Gasteiger partial charge in [0, 0.05) is 13.1 Å². The van der Waals surface area contributed by atoms with Crippen LogP contribution in [0.25, 0.3) is 0 Å². The van der Waals surface area contributed by atoms with Crippen LogP contribution in [0.3, 0.4) is 0 Å². The zero-order chi connectivity index (χ0) is 14.0. The van der Waals surface area contributed by atoms with Crippen LogP contribution in [0.15, 0.2) is 0 Å². The number of likely N-dealkylation sites (tertiary alicyclic amines) is 1. The number of amides is 3. The molecule has 1 aliphatic carbocycles. The van der Waals surface area contributed by atoms with Crippen molar-refractivity contribution < 1.29 is 24.3 Å². The molecule has 0 spiro atoms. The van der Waals surface area contributed by atoms with E-state index in [0.717, 1.165) is 11.8 Å². The van der Waals surface area contributed by atoms with Gasteiger partial charge in [0.05, 0.1) is 23.3 Å². The first kappa shape index (κ1) is 13.9. The molecule has 8 heteroatoms. The molecule has 0 aromatic heterocycles. The summed E-state index contributed by atoms with van der Waals surface area (Å²) in [5.74, 6) is -1.84. The van der Waals surface area contributed by atoms with Crippen LogP contribution in [0.4, 0.5) is 0 Å². The van der Waals surface area contributed by atoms with Crippen molar-refractivity contribution in [2.45, 2.75) is 6.42 Å². The predicted octanol–water partition coefficient (Wildman–Crippen LogP) is -1.07. The Labute approximate surface area is 113 Å². The van der Waals surface area contributed by atoms with Crippen molar-refractivity contribution in [1.29, 1.82) is 0 Å². The second-order valence-electron chi connectivity index (χ2n) is 4.51. The number of nitrogens with one attached hydrogen (secondary N) is 1. The second kappa shape index (κ2) is 5.60. The molecule has 19 heavy (non-hydrogen) atoms. The van der Waals surface area contributed by atoms with Gasteiger partial charge in [0.15, 0.2) is 0 Å². The molecule has 2 atom stereocenters. The Balaban J connectivity index is 1.61. The third-order valence-corrected chi connectivity index (χ3v) is 3.99. The van der Waals surface area contributed by atoms with Crippen molar-refractivity contribution in [1.82, 2.24) is 10.2 Å². The summed E-state index contributed by atoms with van der Waals surface area (Å²) in [7, 11) is 0. The molecule has 2 fully saturated rings. The van der Waals surface area contributed by atoms with Gasteiger partial charge in [-0.15, -0.1) is 11.8 Å². The summed E-state index contributed by atoms with van der Waals surface area (Å²) in [5.41, 5.74) is 0. The average molecular weight is 286 g/mol. The van der Waals surface area contributed by atoms with Gasteiger partial charge in [-0.25, -0.2) is 0 Å². The summed E-state index contributed by atoms with van der Waals surface area (Å²) in [6, 6.07) is 0. The van der Waals surface area contributed by atoms with E-state index >= 15 is 0 Å². The van der Waals surface area contributed by atoms with Gasteiger partial charge >= 0.3 is 5.97 Å². The van der Waals surface area contributed by atoms with E-state index in [-0.39, 0.29) is 54.2 Å². The van der Waals surface area contributed by atoms with E-state index in [1.54, 1.807) is 0 Å². The number of carboxylic acids is 1.